The molecule has 146 valence electrons. The first-order valence-corrected chi connectivity index (χ1v) is 11.3. The molecule has 0 bridgehead atoms. The summed E-state index contributed by atoms with van der Waals surface area (Å²) in [4.78, 5) is 0. The lowest BCUT2D eigenvalue weighted by Crippen LogP contribution is -2.05. The number of ether oxygens (including phenoxy) is 1. The minimum Gasteiger partial charge on any atom is -0.494 e. The van der Waals surface area contributed by atoms with Crippen LogP contribution < -0.4 is 4.74 Å². The summed E-state index contributed by atoms with van der Waals surface area (Å²) in [5.41, 5.74) is 2.93. The summed E-state index contributed by atoms with van der Waals surface area (Å²) in [6.07, 6.45) is 19.8. The van der Waals surface area contributed by atoms with Crippen LogP contribution in [0.1, 0.15) is 103 Å². The van der Waals surface area contributed by atoms with Gasteiger partial charge in [-0.15, -0.1) is 0 Å². The molecule has 1 aliphatic rings. The number of unbranched alkanes of at least 4 members (excludes halogenated alkanes) is 7. The molecule has 0 saturated heterocycles. The Morgan fingerprint density at radius 3 is 2.23 bits per heavy atom. The van der Waals surface area contributed by atoms with E-state index in [-0.39, 0.29) is 0 Å². The summed E-state index contributed by atoms with van der Waals surface area (Å²) in [5, 5.41) is 0. The van der Waals surface area contributed by atoms with Crippen LogP contribution in [0.15, 0.2) is 30.3 Å². The van der Waals surface area contributed by atoms with Crippen LogP contribution >= 0.6 is 0 Å². The van der Waals surface area contributed by atoms with E-state index in [0.717, 1.165) is 18.3 Å². The summed E-state index contributed by atoms with van der Waals surface area (Å²) in [6.45, 7) is 5.41. The normalized spacial score (nSPS) is 17.2. The second-order valence-corrected chi connectivity index (χ2v) is 8.01. The van der Waals surface area contributed by atoms with E-state index >= 15 is 0 Å². The van der Waals surface area contributed by atoms with Crippen LogP contribution in [0.5, 0.6) is 5.75 Å². The Kier molecular flexibility index (Phi) is 10.5. The largest absolute Gasteiger partial charge is 0.494 e. The van der Waals surface area contributed by atoms with Gasteiger partial charge >= 0.3 is 0 Å². The zero-order valence-corrected chi connectivity index (χ0v) is 17.3. The number of benzene rings is 1. The molecule has 0 amide bonds. The van der Waals surface area contributed by atoms with Gasteiger partial charge in [-0.25, -0.2) is 0 Å². The van der Waals surface area contributed by atoms with Crippen molar-refractivity contribution in [2.24, 2.45) is 5.92 Å². The van der Waals surface area contributed by atoms with Crippen LogP contribution in [0.3, 0.4) is 0 Å². The predicted molar refractivity (Wildman–Crippen MR) is 115 cm³/mol. The van der Waals surface area contributed by atoms with E-state index in [4.69, 9.17) is 4.74 Å². The topological polar surface area (TPSA) is 9.23 Å². The number of hydrogen-bond donors (Lipinski definition) is 0. The number of hydrogen-bond acceptors (Lipinski definition) is 1. The van der Waals surface area contributed by atoms with Crippen molar-refractivity contribution in [1.29, 1.82) is 0 Å². The van der Waals surface area contributed by atoms with Gasteiger partial charge in [0.05, 0.1) is 6.61 Å². The van der Waals surface area contributed by atoms with Crippen LogP contribution in [0.2, 0.25) is 0 Å². The highest BCUT2D eigenvalue weighted by Crippen LogP contribution is 2.33. The molecule has 0 fully saturated rings. The minimum absolute atomic E-state index is 0.855. The Labute approximate surface area is 162 Å². The van der Waals surface area contributed by atoms with Gasteiger partial charge in [-0.3, -0.25) is 0 Å². The standard InChI is InChI=1S/C25H40O/c1-3-5-7-8-9-11-21-26-25-19-17-24(18-20-25)23-15-13-22(14-16-23)12-10-6-4-2/h15,17-20,22H,3-14,16,21H2,1-2H3. The van der Waals surface area contributed by atoms with E-state index in [1.54, 1.807) is 5.57 Å². The Morgan fingerprint density at radius 2 is 1.54 bits per heavy atom. The second kappa shape index (κ2) is 13.0. The van der Waals surface area contributed by atoms with Crippen molar-refractivity contribution >= 4 is 5.57 Å². The first-order chi connectivity index (χ1) is 12.8. The maximum atomic E-state index is 5.91. The predicted octanol–water partition coefficient (Wildman–Crippen LogP) is 8.19. The number of allylic oxidation sites excluding steroid dienone is 2. The average Bonchev–Trinajstić information content (AvgIpc) is 2.69. The van der Waals surface area contributed by atoms with E-state index < -0.39 is 0 Å². The average molecular weight is 357 g/mol. The lowest BCUT2D eigenvalue weighted by atomic mass is 9.84. The van der Waals surface area contributed by atoms with Crippen LogP contribution in [-0.4, -0.2) is 6.61 Å². The molecule has 1 aliphatic carbocycles. The first kappa shape index (κ1) is 21.1. The Hall–Kier alpha value is -1.24. The quantitative estimate of drug-likeness (QED) is 0.324. The van der Waals surface area contributed by atoms with Gasteiger partial charge < -0.3 is 4.74 Å². The molecular formula is C25H40O. The Bertz CT molecular complexity index is 499. The zero-order chi connectivity index (χ0) is 18.5. The van der Waals surface area contributed by atoms with E-state index in [9.17, 15) is 0 Å². The maximum Gasteiger partial charge on any atom is 0.119 e. The van der Waals surface area contributed by atoms with Crippen LogP contribution in [-0.2, 0) is 0 Å². The third kappa shape index (κ3) is 7.98. The summed E-state index contributed by atoms with van der Waals surface area (Å²) in [5.74, 6) is 1.95. The molecule has 0 N–H and O–H groups in total. The van der Waals surface area contributed by atoms with Gasteiger partial charge in [-0.1, -0.05) is 89.8 Å². The van der Waals surface area contributed by atoms with E-state index in [0.29, 0.717) is 0 Å². The summed E-state index contributed by atoms with van der Waals surface area (Å²) in [7, 11) is 0. The van der Waals surface area contributed by atoms with Crippen molar-refractivity contribution < 1.29 is 4.74 Å². The third-order valence-electron chi connectivity index (χ3n) is 5.73. The monoisotopic (exact) mass is 356 g/mol. The molecule has 1 nitrogen and oxygen atoms in total. The fourth-order valence-corrected chi connectivity index (χ4v) is 3.93. The molecule has 2 rings (SSSR count). The molecule has 0 spiro atoms. The summed E-state index contributed by atoms with van der Waals surface area (Å²) >= 11 is 0. The van der Waals surface area contributed by atoms with Crippen molar-refractivity contribution in [2.75, 3.05) is 6.61 Å². The molecule has 0 radical (unpaired) electrons. The molecule has 0 saturated carbocycles. The molecule has 1 atom stereocenters. The van der Waals surface area contributed by atoms with E-state index in [1.165, 1.54) is 89.0 Å². The maximum absolute atomic E-state index is 5.91. The molecule has 1 heteroatoms. The molecule has 0 heterocycles. The van der Waals surface area contributed by atoms with Gasteiger partial charge in [0.1, 0.15) is 5.75 Å². The summed E-state index contributed by atoms with van der Waals surface area (Å²) in [6, 6.07) is 8.81. The van der Waals surface area contributed by atoms with Crippen molar-refractivity contribution in [3.63, 3.8) is 0 Å². The highest BCUT2D eigenvalue weighted by molar-refractivity contribution is 5.66. The fraction of sp³-hybridized carbons (Fsp3) is 0.680. The molecule has 0 aromatic heterocycles. The van der Waals surface area contributed by atoms with Gasteiger partial charge in [0, 0.05) is 0 Å². The SMILES string of the molecule is CCCCCCCCOc1ccc(C2=CCC(CCCCC)CC2)cc1. The van der Waals surface area contributed by atoms with Crippen molar-refractivity contribution in [3.05, 3.63) is 35.9 Å². The smallest absolute Gasteiger partial charge is 0.119 e. The highest BCUT2D eigenvalue weighted by atomic mass is 16.5. The molecular weight excluding hydrogens is 316 g/mol. The minimum atomic E-state index is 0.855. The molecule has 0 aliphatic heterocycles. The van der Waals surface area contributed by atoms with Crippen molar-refractivity contribution in [3.8, 4) is 5.75 Å². The molecule has 1 aromatic rings. The zero-order valence-electron chi connectivity index (χ0n) is 17.3. The van der Waals surface area contributed by atoms with Crippen molar-refractivity contribution in [1.82, 2.24) is 0 Å². The number of rotatable bonds is 13. The molecule has 26 heavy (non-hydrogen) atoms. The van der Waals surface area contributed by atoms with Gasteiger partial charge in [-0.05, 0) is 54.9 Å². The van der Waals surface area contributed by atoms with Gasteiger partial charge in [0.15, 0.2) is 0 Å². The van der Waals surface area contributed by atoms with E-state index in [1.807, 2.05) is 0 Å². The lowest BCUT2D eigenvalue weighted by Gasteiger charge is -2.22. The fourth-order valence-electron chi connectivity index (χ4n) is 3.93. The lowest BCUT2D eigenvalue weighted by molar-refractivity contribution is 0.304. The van der Waals surface area contributed by atoms with Gasteiger partial charge in [0.2, 0.25) is 0 Å². The van der Waals surface area contributed by atoms with E-state index in [2.05, 4.69) is 44.2 Å². The van der Waals surface area contributed by atoms with Crippen LogP contribution in [0.25, 0.3) is 5.57 Å². The molecule has 1 unspecified atom stereocenters. The first-order valence-electron chi connectivity index (χ1n) is 11.3. The Morgan fingerprint density at radius 1 is 0.846 bits per heavy atom. The third-order valence-corrected chi connectivity index (χ3v) is 5.73. The van der Waals surface area contributed by atoms with Crippen molar-refractivity contribution in [2.45, 2.75) is 97.3 Å². The highest BCUT2D eigenvalue weighted by Gasteiger charge is 2.15. The second-order valence-electron chi connectivity index (χ2n) is 8.01. The van der Waals surface area contributed by atoms with Crippen LogP contribution in [0.4, 0.5) is 0 Å². The Balaban J connectivity index is 1.67. The van der Waals surface area contributed by atoms with Crippen LogP contribution in [0, 0.1) is 5.92 Å². The van der Waals surface area contributed by atoms with Gasteiger partial charge in [-0.2, -0.15) is 0 Å². The van der Waals surface area contributed by atoms with Gasteiger partial charge in [0.25, 0.3) is 0 Å². The molecule has 1 aromatic carbocycles. The summed E-state index contributed by atoms with van der Waals surface area (Å²) < 4.78 is 5.91.